The first-order valence-corrected chi connectivity index (χ1v) is 6.06. The summed E-state index contributed by atoms with van der Waals surface area (Å²) < 4.78 is 6.89. The minimum Gasteiger partial charge on any atom is -0.394 e. The summed E-state index contributed by atoms with van der Waals surface area (Å²) in [5.41, 5.74) is -1.05. The van der Waals surface area contributed by atoms with Crippen LogP contribution in [0, 0.1) is 3.57 Å². The Bertz CT molecular complexity index is 525. The molecule has 0 aliphatic carbocycles. The highest BCUT2D eigenvalue weighted by Gasteiger charge is 2.34. The van der Waals surface area contributed by atoms with E-state index < -0.39 is 29.7 Å². The van der Waals surface area contributed by atoms with Gasteiger partial charge in [-0.15, -0.1) is 0 Å². The van der Waals surface area contributed by atoms with Gasteiger partial charge in [0.1, 0.15) is 12.3 Å². The van der Waals surface area contributed by atoms with E-state index in [0.717, 1.165) is 0 Å². The molecule has 2 heterocycles. The number of aliphatic hydroxyl groups is 2. The molecular formula is C9H11IN2O5. The Hall–Kier alpha value is -0.710. The Morgan fingerprint density at radius 2 is 2.29 bits per heavy atom. The summed E-state index contributed by atoms with van der Waals surface area (Å²) in [5.74, 6) is 0. The van der Waals surface area contributed by atoms with Gasteiger partial charge < -0.3 is 14.9 Å². The van der Waals surface area contributed by atoms with E-state index in [4.69, 9.17) is 9.84 Å². The number of nitrogens with one attached hydrogen (secondary N) is 1. The highest BCUT2D eigenvalue weighted by molar-refractivity contribution is 14.1. The number of ether oxygens (including phenoxy) is 1. The van der Waals surface area contributed by atoms with Gasteiger partial charge in [-0.05, 0) is 22.6 Å². The average Bonchev–Trinajstić information content (AvgIpc) is 2.65. The summed E-state index contributed by atoms with van der Waals surface area (Å²) in [5, 5.41) is 18.5. The second-order valence-electron chi connectivity index (χ2n) is 3.76. The van der Waals surface area contributed by atoms with Crippen LogP contribution in [0.2, 0.25) is 0 Å². The van der Waals surface area contributed by atoms with Crippen LogP contribution in [0.5, 0.6) is 0 Å². The molecule has 1 aliphatic heterocycles. The third-order valence-electron chi connectivity index (χ3n) is 2.62. The molecule has 0 saturated carbocycles. The Morgan fingerprint density at radius 1 is 1.59 bits per heavy atom. The van der Waals surface area contributed by atoms with Crippen LogP contribution in [0.3, 0.4) is 0 Å². The standard InChI is InChI=1S/C9H11IN2O5/c10-4-2-12(9(16)11-8(4)15)7-1-5(14)6(3-13)17-7/h2,5-7,13-14H,1,3H2,(H,11,15,16)/t5-,6+,7-/m0/s1. The number of aromatic amines is 1. The normalized spacial score (nSPS) is 28.5. The van der Waals surface area contributed by atoms with Crippen LogP contribution in [-0.4, -0.2) is 38.6 Å². The minimum atomic E-state index is -0.818. The summed E-state index contributed by atoms with van der Waals surface area (Å²) in [6.45, 7) is -0.313. The molecule has 1 aromatic heterocycles. The quantitative estimate of drug-likeness (QED) is 0.578. The zero-order chi connectivity index (χ0) is 12.6. The Morgan fingerprint density at radius 3 is 2.88 bits per heavy atom. The summed E-state index contributed by atoms with van der Waals surface area (Å²) in [4.78, 5) is 24.9. The molecule has 1 fully saturated rings. The predicted molar refractivity (Wildman–Crippen MR) is 65.7 cm³/mol. The van der Waals surface area contributed by atoms with Crippen LogP contribution in [0.4, 0.5) is 0 Å². The second kappa shape index (κ2) is 4.88. The van der Waals surface area contributed by atoms with E-state index in [0.29, 0.717) is 3.57 Å². The van der Waals surface area contributed by atoms with E-state index >= 15 is 0 Å². The molecule has 3 N–H and O–H groups in total. The molecular weight excluding hydrogens is 343 g/mol. The van der Waals surface area contributed by atoms with Crippen molar-refractivity contribution < 1.29 is 14.9 Å². The van der Waals surface area contributed by atoms with E-state index in [1.807, 2.05) is 0 Å². The van der Waals surface area contributed by atoms with Gasteiger partial charge in [0.25, 0.3) is 5.56 Å². The maximum Gasteiger partial charge on any atom is 0.330 e. The van der Waals surface area contributed by atoms with Gasteiger partial charge in [0.2, 0.25) is 0 Å². The van der Waals surface area contributed by atoms with Crippen molar-refractivity contribution in [1.29, 1.82) is 0 Å². The van der Waals surface area contributed by atoms with Crippen molar-refractivity contribution >= 4 is 22.6 Å². The molecule has 0 aromatic carbocycles. The number of hydrogen-bond acceptors (Lipinski definition) is 5. The largest absolute Gasteiger partial charge is 0.394 e. The lowest BCUT2D eigenvalue weighted by Crippen LogP contribution is -2.33. The van der Waals surface area contributed by atoms with Gasteiger partial charge in [-0.2, -0.15) is 0 Å². The van der Waals surface area contributed by atoms with Crippen LogP contribution in [0.1, 0.15) is 12.6 Å². The summed E-state index contributed by atoms with van der Waals surface area (Å²) in [7, 11) is 0. The molecule has 17 heavy (non-hydrogen) atoms. The van der Waals surface area contributed by atoms with Crippen molar-refractivity contribution in [2.24, 2.45) is 0 Å². The maximum absolute atomic E-state index is 11.6. The SMILES string of the molecule is O=c1[nH]c(=O)n([C@@H]2C[C@H](O)[C@@H](CO)O2)cc1I. The Labute approximate surface area is 109 Å². The average molecular weight is 354 g/mol. The summed E-state index contributed by atoms with van der Waals surface area (Å²) in [6.07, 6.45) is -0.607. The fraction of sp³-hybridized carbons (Fsp3) is 0.556. The number of rotatable bonds is 2. The lowest BCUT2D eigenvalue weighted by Gasteiger charge is -2.14. The van der Waals surface area contributed by atoms with Crippen molar-refractivity contribution in [1.82, 2.24) is 9.55 Å². The number of aliphatic hydroxyl groups excluding tert-OH is 2. The summed E-state index contributed by atoms with van der Waals surface area (Å²) in [6, 6.07) is 0. The van der Waals surface area contributed by atoms with Crippen molar-refractivity contribution in [3.05, 3.63) is 30.6 Å². The van der Waals surface area contributed by atoms with Crippen LogP contribution in [0.25, 0.3) is 0 Å². The minimum absolute atomic E-state index is 0.202. The van der Waals surface area contributed by atoms with Gasteiger partial charge in [-0.3, -0.25) is 14.3 Å². The van der Waals surface area contributed by atoms with E-state index in [1.165, 1.54) is 10.8 Å². The third-order valence-corrected chi connectivity index (χ3v) is 3.39. The van der Waals surface area contributed by atoms with Crippen molar-refractivity contribution in [2.45, 2.75) is 24.9 Å². The fourth-order valence-electron chi connectivity index (χ4n) is 1.72. The highest BCUT2D eigenvalue weighted by Crippen LogP contribution is 2.27. The third kappa shape index (κ3) is 2.44. The first-order chi connectivity index (χ1) is 8.02. The Kier molecular flexibility index (Phi) is 3.66. The summed E-state index contributed by atoms with van der Waals surface area (Å²) >= 11 is 1.80. The van der Waals surface area contributed by atoms with Gasteiger partial charge in [0.05, 0.1) is 16.3 Å². The maximum atomic E-state index is 11.6. The van der Waals surface area contributed by atoms with Gasteiger partial charge in [-0.25, -0.2) is 4.79 Å². The van der Waals surface area contributed by atoms with E-state index in [-0.39, 0.29) is 13.0 Å². The molecule has 1 aromatic rings. The zero-order valence-corrected chi connectivity index (χ0v) is 10.8. The van der Waals surface area contributed by atoms with E-state index in [1.54, 1.807) is 22.6 Å². The lowest BCUT2D eigenvalue weighted by molar-refractivity contribution is -0.0459. The van der Waals surface area contributed by atoms with Crippen molar-refractivity contribution in [2.75, 3.05) is 6.61 Å². The lowest BCUT2D eigenvalue weighted by atomic mass is 10.2. The molecule has 94 valence electrons. The topological polar surface area (TPSA) is 105 Å². The zero-order valence-electron chi connectivity index (χ0n) is 8.67. The molecule has 1 aliphatic rings. The monoisotopic (exact) mass is 354 g/mol. The first kappa shape index (κ1) is 12.7. The van der Waals surface area contributed by atoms with E-state index in [2.05, 4.69) is 4.98 Å². The number of aromatic nitrogens is 2. The smallest absolute Gasteiger partial charge is 0.330 e. The molecule has 2 rings (SSSR count). The second-order valence-corrected chi connectivity index (χ2v) is 4.92. The first-order valence-electron chi connectivity index (χ1n) is 4.98. The van der Waals surface area contributed by atoms with Crippen LogP contribution >= 0.6 is 22.6 Å². The molecule has 0 spiro atoms. The van der Waals surface area contributed by atoms with Crippen molar-refractivity contribution in [3.63, 3.8) is 0 Å². The highest BCUT2D eigenvalue weighted by atomic mass is 127. The molecule has 7 nitrogen and oxygen atoms in total. The number of nitrogens with zero attached hydrogens (tertiary/aromatic N) is 1. The number of halogens is 1. The van der Waals surface area contributed by atoms with Crippen LogP contribution in [0.15, 0.2) is 15.8 Å². The molecule has 0 bridgehead atoms. The predicted octanol–water partition coefficient (Wildman–Crippen LogP) is -1.22. The van der Waals surface area contributed by atoms with E-state index in [9.17, 15) is 14.7 Å². The molecule has 0 unspecified atom stereocenters. The van der Waals surface area contributed by atoms with Gasteiger partial charge >= 0.3 is 5.69 Å². The fourth-order valence-corrected chi connectivity index (χ4v) is 2.16. The van der Waals surface area contributed by atoms with Crippen LogP contribution < -0.4 is 11.2 Å². The van der Waals surface area contributed by atoms with Crippen molar-refractivity contribution in [3.8, 4) is 0 Å². The van der Waals surface area contributed by atoms with Gasteiger partial charge in [0, 0.05) is 12.6 Å². The van der Waals surface area contributed by atoms with Crippen LogP contribution in [-0.2, 0) is 4.74 Å². The molecule has 1 saturated heterocycles. The number of hydrogen-bond donors (Lipinski definition) is 3. The molecule has 3 atom stereocenters. The molecule has 0 amide bonds. The molecule has 8 heteroatoms. The van der Waals surface area contributed by atoms with Gasteiger partial charge in [0.15, 0.2) is 0 Å². The molecule has 0 radical (unpaired) electrons. The number of H-pyrrole nitrogens is 1. The van der Waals surface area contributed by atoms with Gasteiger partial charge in [-0.1, -0.05) is 0 Å². The Balaban J connectivity index is 2.34.